The first kappa shape index (κ1) is 21.8. The van der Waals surface area contributed by atoms with Gasteiger partial charge in [0.25, 0.3) is 11.3 Å². The van der Waals surface area contributed by atoms with Crippen LogP contribution >= 0.6 is 11.6 Å². The Balaban J connectivity index is 1.75. The van der Waals surface area contributed by atoms with Crippen LogP contribution in [0.15, 0.2) is 52.0 Å². The molecule has 0 aliphatic heterocycles. The molecule has 1 atom stereocenters. The molecule has 0 aliphatic carbocycles. The Morgan fingerprint density at radius 2 is 1.81 bits per heavy atom. The summed E-state index contributed by atoms with van der Waals surface area (Å²) in [5.41, 5.74) is 4.59. The Labute approximate surface area is 190 Å². The molecule has 1 amide bonds. The van der Waals surface area contributed by atoms with E-state index in [0.717, 1.165) is 22.4 Å². The van der Waals surface area contributed by atoms with Gasteiger partial charge in [-0.1, -0.05) is 53.5 Å². The summed E-state index contributed by atoms with van der Waals surface area (Å²) in [6, 6.07) is 10.2. The van der Waals surface area contributed by atoms with Crippen LogP contribution in [-0.4, -0.2) is 20.6 Å². The first-order valence-electron chi connectivity index (χ1n) is 10.3. The summed E-state index contributed by atoms with van der Waals surface area (Å²) in [6.45, 7) is 7.76. The molecule has 2 aromatic carbocycles. The smallest absolute Gasteiger partial charge is 0.267 e. The molecule has 0 radical (unpaired) electrons. The number of halogens is 1. The van der Waals surface area contributed by atoms with Crippen molar-refractivity contribution in [1.29, 1.82) is 0 Å². The summed E-state index contributed by atoms with van der Waals surface area (Å²) < 4.78 is 6.61. The number of amides is 1. The zero-order chi connectivity index (χ0) is 23.0. The highest BCUT2D eigenvalue weighted by molar-refractivity contribution is 6.30. The summed E-state index contributed by atoms with van der Waals surface area (Å²) in [7, 11) is 0. The van der Waals surface area contributed by atoms with Gasteiger partial charge in [0.05, 0.1) is 0 Å². The minimum atomic E-state index is -0.743. The number of fused-ring (bicyclic) bond motifs is 1. The Hall–Kier alpha value is -3.45. The third kappa shape index (κ3) is 3.91. The molecule has 0 aliphatic rings. The van der Waals surface area contributed by atoms with Crippen LogP contribution in [0.3, 0.4) is 0 Å². The molecule has 4 rings (SSSR count). The highest BCUT2D eigenvalue weighted by Crippen LogP contribution is 2.27. The van der Waals surface area contributed by atoms with E-state index in [-0.39, 0.29) is 22.6 Å². The Kier molecular flexibility index (Phi) is 5.84. The van der Waals surface area contributed by atoms with Gasteiger partial charge in [-0.3, -0.25) is 14.2 Å². The number of benzene rings is 2. The van der Waals surface area contributed by atoms with Crippen molar-refractivity contribution in [2.24, 2.45) is 0 Å². The van der Waals surface area contributed by atoms with E-state index < -0.39 is 6.04 Å². The molecular weight excluding hydrogens is 428 g/mol. The number of anilines is 1. The fraction of sp³-hybridized carbons (Fsp3) is 0.250. The van der Waals surface area contributed by atoms with E-state index in [1.807, 2.05) is 39.8 Å². The van der Waals surface area contributed by atoms with E-state index in [0.29, 0.717) is 22.7 Å². The molecule has 0 fully saturated rings. The van der Waals surface area contributed by atoms with Gasteiger partial charge in [0.2, 0.25) is 5.91 Å². The van der Waals surface area contributed by atoms with Crippen molar-refractivity contribution < 1.29 is 9.32 Å². The highest BCUT2D eigenvalue weighted by atomic mass is 35.5. The maximum atomic E-state index is 13.4. The summed E-state index contributed by atoms with van der Waals surface area (Å²) >= 11 is 5.97. The van der Waals surface area contributed by atoms with Gasteiger partial charge < -0.3 is 9.84 Å². The van der Waals surface area contributed by atoms with Crippen LogP contribution < -0.4 is 10.9 Å². The van der Waals surface area contributed by atoms with E-state index in [9.17, 15) is 9.59 Å². The first-order valence-corrected chi connectivity index (χ1v) is 10.7. The zero-order valence-corrected chi connectivity index (χ0v) is 19.0. The first-order chi connectivity index (χ1) is 15.3. The van der Waals surface area contributed by atoms with E-state index in [1.165, 1.54) is 10.9 Å². The molecule has 0 saturated carbocycles. The Bertz CT molecular complexity index is 1350. The number of nitrogens with one attached hydrogen (secondary N) is 1. The van der Waals surface area contributed by atoms with E-state index in [4.69, 9.17) is 16.1 Å². The molecule has 0 unspecified atom stereocenters. The average Bonchev–Trinajstić information content (AvgIpc) is 3.18. The van der Waals surface area contributed by atoms with Gasteiger partial charge >= 0.3 is 0 Å². The lowest BCUT2D eigenvalue weighted by Gasteiger charge is -2.19. The number of rotatable bonds is 5. The summed E-state index contributed by atoms with van der Waals surface area (Å²) in [5.74, 6) is -0.282. The number of aryl methyl sites for hydroxylation is 3. The third-order valence-corrected chi connectivity index (χ3v) is 5.74. The number of nitrogens with zero attached hydrogens (tertiary/aromatic N) is 3. The summed E-state index contributed by atoms with van der Waals surface area (Å²) in [6.07, 6.45) is 1.74. The second-order valence-electron chi connectivity index (χ2n) is 7.86. The van der Waals surface area contributed by atoms with Crippen molar-refractivity contribution in [3.63, 3.8) is 0 Å². The average molecular weight is 451 g/mol. The van der Waals surface area contributed by atoms with Crippen molar-refractivity contribution in [2.45, 2.75) is 40.2 Å². The number of hydrogen-bond acceptors (Lipinski definition) is 5. The molecule has 2 aromatic heterocycles. The van der Waals surface area contributed by atoms with Gasteiger partial charge in [0.1, 0.15) is 23.4 Å². The number of carbonyl (C=O) groups is 1. The fourth-order valence-electron chi connectivity index (χ4n) is 3.98. The molecule has 0 spiro atoms. The summed E-state index contributed by atoms with van der Waals surface area (Å²) in [4.78, 5) is 30.8. The van der Waals surface area contributed by atoms with E-state index >= 15 is 0 Å². The van der Waals surface area contributed by atoms with Crippen LogP contribution in [0.25, 0.3) is 22.4 Å². The standard InChI is InChI=1S/C24H23ClN4O3/c1-5-18(22(30)27-20-14(3)10-13(2)11-15(20)4)29-12-26-23-19(24(29)31)21(28-32-23)16-6-8-17(25)9-7-16/h6-12,18H,5H2,1-4H3,(H,27,30)/t18-/m1/s1. The molecule has 0 saturated heterocycles. The van der Waals surface area contributed by atoms with Gasteiger partial charge in [-0.2, -0.15) is 0 Å². The lowest BCUT2D eigenvalue weighted by Crippen LogP contribution is -2.33. The predicted molar refractivity (Wildman–Crippen MR) is 125 cm³/mol. The van der Waals surface area contributed by atoms with Crippen LogP contribution in [0.5, 0.6) is 0 Å². The van der Waals surface area contributed by atoms with Crippen molar-refractivity contribution in [3.8, 4) is 11.3 Å². The molecule has 32 heavy (non-hydrogen) atoms. The van der Waals surface area contributed by atoms with Gasteiger partial charge in [0.15, 0.2) is 0 Å². The predicted octanol–water partition coefficient (Wildman–Crippen LogP) is 5.22. The van der Waals surface area contributed by atoms with Crippen LogP contribution in [0.2, 0.25) is 5.02 Å². The molecular formula is C24H23ClN4O3. The lowest BCUT2D eigenvalue weighted by molar-refractivity contribution is -0.119. The van der Waals surface area contributed by atoms with Gasteiger partial charge in [0, 0.05) is 16.3 Å². The van der Waals surface area contributed by atoms with Crippen molar-refractivity contribution >= 4 is 34.3 Å². The second-order valence-corrected chi connectivity index (χ2v) is 8.30. The van der Waals surface area contributed by atoms with Gasteiger partial charge in [-0.05, 0) is 50.5 Å². The largest absolute Gasteiger partial charge is 0.335 e. The SMILES string of the molecule is CC[C@H](C(=O)Nc1c(C)cc(C)cc1C)n1cnc2onc(-c3ccc(Cl)cc3)c2c1=O. The molecule has 1 N–H and O–H groups in total. The molecule has 164 valence electrons. The normalized spacial score (nSPS) is 12.2. The molecule has 4 aromatic rings. The maximum absolute atomic E-state index is 13.4. The Morgan fingerprint density at radius 1 is 1.16 bits per heavy atom. The van der Waals surface area contributed by atoms with E-state index in [1.54, 1.807) is 24.3 Å². The lowest BCUT2D eigenvalue weighted by atomic mass is 10.0. The van der Waals surface area contributed by atoms with Crippen LogP contribution in [0.1, 0.15) is 36.1 Å². The molecule has 8 heteroatoms. The molecule has 0 bridgehead atoms. The number of hydrogen-bond donors (Lipinski definition) is 1. The monoisotopic (exact) mass is 450 g/mol. The van der Waals surface area contributed by atoms with Crippen LogP contribution in [0.4, 0.5) is 5.69 Å². The maximum Gasteiger partial charge on any atom is 0.267 e. The number of carbonyl (C=O) groups excluding carboxylic acids is 1. The number of aromatic nitrogens is 3. The third-order valence-electron chi connectivity index (χ3n) is 5.49. The minimum absolute atomic E-state index is 0.122. The topological polar surface area (TPSA) is 90.0 Å². The highest BCUT2D eigenvalue weighted by Gasteiger charge is 2.25. The van der Waals surface area contributed by atoms with E-state index in [2.05, 4.69) is 15.5 Å². The summed E-state index contributed by atoms with van der Waals surface area (Å²) in [5, 5.41) is 7.83. The zero-order valence-electron chi connectivity index (χ0n) is 18.3. The molecule has 2 heterocycles. The second kappa shape index (κ2) is 8.59. The van der Waals surface area contributed by atoms with Gasteiger partial charge in [-0.25, -0.2) is 4.98 Å². The molecule has 7 nitrogen and oxygen atoms in total. The van der Waals surface area contributed by atoms with Crippen molar-refractivity contribution in [2.75, 3.05) is 5.32 Å². The van der Waals surface area contributed by atoms with Crippen LogP contribution in [-0.2, 0) is 4.79 Å². The van der Waals surface area contributed by atoms with Crippen molar-refractivity contribution in [1.82, 2.24) is 14.7 Å². The minimum Gasteiger partial charge on any atom is -0.335 e. The quantitative estimate of drug-likeness (QED) is 0.450. The Morgan fingerprint density at radius 3 is 2.44 bits per heavy atom. The van der Waals surface area contributed by atoms with Crippen molar-refractivity contribution in [3.05, 3.63) is 74.8 Å². The van der Waals surface area contributed by atoms with Crippen LogP contribution in [0, 0.1) is 20.8 Å². The fourth-order valence-corrected chi connectivity index (χ4v) is 4.10. The van der Waals surface area contributed by atoms with Gasteiger partial charge in [-0.15, -0.1) is 0 Å².